The van der Waals surface area contributed by atoms with Crippen molar-refractivity contribution in [2.24, 2.45) is 5.41 Å². The highest BCUT2D eigenvalue weighted by atomic mass is 35.5. The molecule has 1 nitrogen and oxygen atoms in total. The predicted octanol–water partition coefficient (Wildman–Crippen LogP) is 4.86. The van der Waals surface area contributed by atoms with Crippen molar-refractivity contribution in [3.63, 3.8) is 0 Å². The Balaban J connectivity index is 2.07. The van der Waals surface area contributed by atoms with Crippen LogP contribution in [0, 0.1) is 11.2 Å². The lowest BCUT2D eigenvalue weighted by atomic mass is 9.75. The normalized spacial score (nSPS) is 23.4. The summed E-state index contributed by atoms with van der Waals surface area (Å²) >= 11 is 6.06. The summed E-state index contributed by atoms with van der Waals surface area (Å²) < 4.78 is 13.2. The summed E-state index contributed by atoms with van der Waals surface area (Å²) in [5, 5.41) is 3.97. The van der Waals surface area contributed by atoms with Crippen LogP contribution >= 0.6 is 11.6 Å². The fourth-order valence-corrected chi connectivity index (χ4v) is 2.82. The lowest BCUT2D eigenvalue weighted by Gasteiger charge is -2.36. The summed E-state index contributed by atoms with van der Waals surface area (Å²) in [6.45, 7) is 4.57. The Kier molecular flexibility index (Phi) is 3.62. The molecule has 1 aliphatic carbocycles. The highest BCUT2D eigenvalue weighted by molar-refractivity contribution is 6.33. The molecule has 0 aliphatic heterocycles. The van der Waals surface area contributed by atoms with E-state index in [0.717, 1.165) is 18.5 Å². The molecule has 1 saturated carbocycles. The monoisotopic (exact) mass is 255 g/mol. The first-order chi connectivity index (χ1) is 7.96. The first-order valence-corrected chi connectivity index (χ1v) is 6.56. The molecule has 94 valence electrons. The van der Waals surface area contributed by atoms with E-state index in [1.165, 1.54) is 25.0 Å². The van der Waals surface area contributed by atoms with E-state index in [4.69, 9.17) is 11.6 Å². The zero-order valence-corrected chi connectivity index (χ0v) is 11.1. The van der Waals surface area contributed by atoms with Crippen molar-refractivity contribution < 1.29 is 4.39 Å². The van der Waals surface area contributed by atoms with Crippen LogP contribution in [0.1, 0.15) is 39.5 Å². The summed E-state index contributed by atoms with van der Waals surface area (Å²) in [6.07, 6.45) is 4.73. The Morgan fingerprint density at radius 2 is 2.18 bits per heavy atom. The third-order valence-corrected chi connectivity index (χ3v) is 3.82. The summed E-state index contributed by atoms with van der Waals surface area (Å²) in [4.78, 5) is 0. The van der Waals surface area contributed by atoms with Gasteiger partial charge in [-0.25, -0.2) is 4.39 Å². The Morgan fingerprint density at radius 1 is 1.41 bits per heavy atom. The number of rotatable bonds is 2. The van der Waals surface area contributed by atoms with Crippen molar-refractivity contribution >= 4 is 17.3 Å². The topological polar surface area (TPSA) is 12.0 Å². The van der Waals surface area contributed by atoms with Gasteiger partial charge in [0.1, 0.15) is 5.82 Å². The maximum absolute atomic E-state index is 13.2. The maximum atomic E-state index is 13.2. The number of hydrogen-bond acceptors (Lipinski definition) is 1. The van der Waals surface area contributed by atoms with Gasteiger partial charge in [-0.05, 0) is 42.9 Å². The Hall–Kier alpha value is -0.760. The molecule has 1 N–H and O–H groups in total. The quantitative estimate of drug-likeness (QED) is 0.796. The molecule has 0 saturated heterocycles. The van der Waals surface area contributed by atoms with Gasteiger partial charge in [-0.3, -0.25) is 0 Å². The van der Waals surface area contributed by atoms with Crippen LogP contribution in [0.5, 0.6) is 0 Å². The van der Waals surface area contributed by atoms with Gasteiger partial charge in [-0.2, -0.15) is 0 Å². The zero-order chi connectivity index (χ0) is 12.5. The Labute approximate surface area is 107 Å². The van der Waals surface area contributed by atoms with Gasteiger partial charge in [0.15, 0.2) is 0 Å². The first-order valence-electron chi connectivity index (χ1n) is 6.18. The summed E-state index contributed by atoms with van der Waals surface area (Å²) in [6, 6.07) is 4.87. The second-order valence-electron chi connectivity index (χ2n) is 5.73. The second-order valence-corrected chi connectivity index (χ2v) is 6.13. The number of halogens is 2. The number of anilines is 1. The van der Waals surface area contributed by atoms with Crippen molar-refractivity contribution in [3.8, 4) is 0 Å². The molecule has 1 atom stereocenters. The lowest BCUT2D eigenvalue weighted by molar-refractivity contribution is 0.229. The van der Waals surface area contributed by atoms with Crippen molar-refractivity contribution in [2.75, 3.05) is 5.32 Å². The molecule has 0 spiro atoms. The molecule has 2 rings (SSSR count). The molecule has 0 aromatic heterocycles. The predicted molar refractivity (Wildman–Crippen MR) is 71.1 cm³/mol. The van der Waals surface area contributed by atoms with Crippen LogP contribution in [0.3, 0.4) is 0 Å². The van der Waals surface area contributed by atoms with Gasteiger partial charge in [-0.1, -0.05) is 31.9 Å². The average molecular weight is 256 g/mol. The van der Waals surface area contributed by atoms with Crippen molar-refractivity contribution in [3.05, 3.63) is 29.0 Å². The van der Waals surface area contributed by atoms with Crippen LogP contribution in [0.25, 0.3) is 0 Å². The largest absolute Gasteiger partial charge is 0.381 e. The smallest absolute Gasteiger partial charge is 0.125 e. The first kappa shape index (κ1) is 12.7. The molecule has 1 aliphatic rings. The maximum Gasteiger partial charge on any atom is 0.125 e. The van der Waals surface area contributed by atoms with E-state index in [2.05, 4.69) is 19.2 Å². The van der Waals surface area contributed by atoms with Gasteiger partial charge >= 0.3 is 0 Å². The van der Waals surface area contributed by atoms with Crippen LogP contribution in [-0.2, 0) is 0 Å². The lowest BCUT2D eigenvalue weighted by Crippen LogP contribution is -2.31. The van der Waals surface area contributed by atoms with Crippen molar-refractivity contribution in [2.45, 2.75) is 45.6 Å². The van der Waals surface area contributed by atoms with E-state index < -0.39 is 0 Å². The molecule has 1 aromatic rings. The summed E-state index contributed by atoms with van der Waals surface area (Å²) in [7, 11) is 0. The molecule has 0 heterocycles. The third-order valence-electron chi connectivity index (χ3n) is 3.49. The average Bonchev–Trinajstić information content (AvgIpc) is 2.22. The standard InChI is InChI=1S/C14H19ClFN/c1-14(2)7-3-4-11(9-14)17-13-8-10(16)5-6-12(13)15/h5-6,8,11,17H,3-4,7,9H2,1-2H3. The van der Waals surface area contributed by atoms with E-state index in [9.17, 15) is 4.39 Å². The minimum absolute atomic E-state index is 0.244. The molecule has 1 unspecified atom stereocenters. The van der Waals surface area contributed by atoms with E-state index in [1.807, 2.05) is 0 Å². The van der Waals surface area contributed by atoms with Gasteiger partial charge < -0.3 is 5.32 Å². The van der Waals surface area contributed by atoms with Gasteiger partial charge in [0, 0.05) is 6.04 Å². The molecule has 17 heavy (non-hydrogen) atoms. The fraction of sp³-hybridized carbons (Fsp3) is 0.571. The molecular weight excluding hydrogens is 237 g/mol. The molecule has 3 heteroatoms. The number of benzene rings is 1. The van der Waals surface area contributed by atoms with E-state index >= 15 is 0 Å². The van der Waals surface area contributed by atoms with Crippen LogP contribution in [0.15, 0.2) is 18.2 Å². The Bertz CT molecular complexity index is 403. The highest BCUT2D eigenvalue weighted by Gasteiger charge is 2.28. The van der Waals surface area contributed by atoms with E-state index in [0.29, 0.717) is 16.5 Å². The molecule has 1 aromatic carbocycles. The SMILES string of the molecule is CC1(C)CCCC(Nc2cc(F)ccc2Cl)C1. The van der Waals surface area contributed by atoms with Gasteiger partial charge in [0.25, 0.3) is 0 Å². The minimum Gasteiger partial charge on any atom is -0.381 e. The second kappa shape index (κ2) is 4.85. The summed E-state index contributed by atoms with van der Waals surface area (Å²) in [5.41, 5.74) is 1.09. The van der Waals surface area contributed by atoms with Crippen molar-refractivity contribution in [1.29, 1.82) is 0 Å². The van der Waals surface area contributed by atoms with Crippen LogP contribution < -0.4 is 5.32 Å². The fourth-order valence-electron chi connectivity index (χ4n) is 2.65. The highest BCUT2D eigenvalue weighted by Crippen LogP contribution is 2.37. The molecule has 0 bridgehead atoms. The van der Waals surface area contributed by atoms with Gasteiger partial charge in [-0.15, -0.1) is 0 Å². The number of hydrogen-bond donors (Lipinski definition) is 1. The van der Waals surface area contributed by atoms with Crippen LogP contribution in [-0.4, -0.2) is 6.04 Å². The van der Waals surface area contributed by atoms with E-state index in [-0.39, 0.29) is 5.82 Å². The molecule has 0 radical (unpaired) electrons. The van der Waals surface area contributed by atoms with Gasteiger partial charge in [0.05, 0.1) is 10.7 Å². The van der Waals surface area contributed by atoms with E-state index in [1.54, 1.807) is 6.07 Å². The van der Waals surface area contributed by atoms with Gasteiger partial charge in [0.2, 0.25) is 0 Å². The van der Waals surface area contributed by atoms with Crippen LogP contribution in [0.2, 0.25) is 5.02 Å². The van der Waals surface area contributed by atoms with Crippen LogP contribution in [0.4, 0.5) is 10.1 Å². The third kappa shape index (κ3) is 3.35. The molecule has 0 amide bonds. The minimum atomic E-state index is -0.244. The van der Waals surface area contributed by atoms with Crippen molar-refractivity contribution in [1.82, 2.24) is 0 Å². The Morgan fingerprint density at radius 3 is 2.88 bits per heavy atom. The zero-order valence-electron chi connectivity index (χ0n) is 10.4. The molecular formula is C14H19ClFN. The summed E-state index contributed by atoms with van der Waals surface area (Å²) in [5.74, 6) is -0.244. The molecule has 1 fully saturated rings. The number of nitrogens with one attached hydrogen (secondary N) is 1.